The standard InChI is InChI=1S/C14H15BrN2O/c1-9(8-16)14(18)17-13-7-6-12(15)10-4-2-3-5-11(10)13/h2-7,9H,8,16H2,1H3,(H,17,18). The summed E-state index contributed by atoms with van der Waals surface area (Å²) < 4.78 is 1.02. The molecule has 94 valence electrons. The van der Waals surface area contributed by atoms with Crippen LogP contribution in [0, 0.1) is 5.92 Å². The largest absolute Gasteiger partial charge is 0.330 e. The minimum atomic E-state index is -0.188. The maximum absolute atomic E-state index is 11.9. The summed E-state index contributed by atoms with van der Waals surface area (Å²) in [6.07, 6.45) is 0. The van der Waals surface area contributed by atoms with Crippen molar-refractivity contribution in [1.82, 2.24) is 0 Å². The van der Waals surface area contributed by atoms with E-state index in [0.717, 1.165) is 20.9 Å². The Morgan fingerprint density at radius 2 is 1.94 bits per heavy atom. The maximum Gasteiger partial charge on any atom is 0.228 e. The molecular weight excluding hydrogens is 292 g/mol. The van der Waals surface area contributed by atoms with Gasteiger partial charge in [-0.3, -0.25) is 4.79 Å². The van der Waals surface area contributed by atoms with Crippen LogP contribution in [0.2, 0.25) is 0 Å². The summed E-state index contributed by atoms with van der Waals surface area (Å²) in [6.45, 7) is 2.16. The number of carbonyl (C=O) groups excluding carboxylic acids is 1. The molecule has 0 bridgehead atoms. The number of halogens is 1. The lowest BCUT2D eigenvalue weighted by molar-refractivity contribution is -0.119. The predicted octanol–water partition coefficient (Wildman–Crippen LogP) is 3.14. The number of amides is 1. The van der Waals surface area contributed by atoms with Crippen LogP contribution in [0.15, 0.2) is 40.9 Å². The van der Waals surface area contributed by atoms with Crippen LogP contribution < -0.4 is 11.1 Å². The highest BCUT2D eigenvalue weighted by atomic mass is 79.9. The number of hydrogen-bond donors (Lipinski definition) is 2. The Balaban J connectivity index is 2.40. The van der Waals surface area contributed by atoms with E-state index in [-0.39, 0.29) is 11.8 Å². The Labute approximate surface area is 114 Å². The van der Waals surface area contributed by atoms with E-state index >= 15 is 0 Å². The van der Waals surface area contributed by atoms with Gasteiger partial charge in [-0.05, 0) is 17.5 Å². The summed E-state index contributed by atoms with van der Waals surface area (Å²) >= 11 is 3.51. The highest BCUT2D eigenvalue weighted by Gasteiger charge is 2.12. The van der Waals surface area contributed by atoms with E-state index in [1.54, 1.807) is 0 Å². The zero-order valence-corrected chi connectivity index (χ0v) is 11.7. The molecule has 0 aliphatic heterocycles. The number of hydrogen-bond acceptors (Lipinski definition) is 2. The smallest absolute Gasteiger partial charge is 0.228 e. The van der Waals surface area contributed by atoms with Crippen LogP contribution in [0.5, 0.6) is 0 Å². The molecule has 1 atom stereocenters. The molecular formula is C14H15BrN2O. The van der Waals surface area contributed by atoms with Crippen molar-refractivity contribution in [3.8, 4) is 0 Å². The van der Waals surface area contributed by atoms with Crippen LogP contribution in [-0.2, 0) is 4.79 Å². The average molecular weight is 307 g/mol. The fourth-order valence-electron chi connectivity index (χ4n) is 1.73. The zero-order chi connectivity index (χ0) is 13.1. The predicted molar refractivity (Wildman–Crippen MR) is 78.5 cm³/mol. The Kier molecular flexibility index (Phi) is 3.99. The lowest BCUT2D eigenvalue weighted by Crippen LogP contribution is -2.26. The normalized spacial score (nSPS) is 12.4. The first-order valence-electron chi connectivity index (χ1n) is 5.81. The molecule has 0 fully saturated rings. The zero-order valence-electron chi connectivity index (χ0n) is 10.1. The van der Waals surface area contributed by atoms with Gasteiger partial charge in [0.1, 0.15) is 0 Å². The van der Waals surface area contributed by atoms with Gasteiger partial charge in [-0.15, -0.1) is 0 Å². The van der Waals surface area contributed by atoms with Crippen LogP contribution in [0.25, 0.3) is 10.8 Å². The quantitative estimate of drug-likeness (QED) is 0.915. The van der Waals surface area contributed by atoms with E-state index in [0.29, 0.717) is 6.54 Å². The van der Waals surface area contributed by atoms with Crippen molar-refractivity contribution in [3.05, 3.63) is 40.9 Å². The first kappa shape index (κ1) is 13.1. The fourth-order valence-corrected chi connectivity index (χ4v) is 2.21. The molecule has 2 aromatic rings. The van der Waals surface area contributed by atoms with E-state index in [9.17, 15) is 4.79 Å². The van der Waals surface area contributed by atoms with Gasteiger partial charge in [0.25, 0.3) is 0 Å². The van der Waals surface area contributed by atoms with Crippen molar-refractivity contribution in [2.75, 3.05) is 11.9 Å². The molecule has 1 amide bonds. The minimum Gasteiger partial charge on any atom is -0.330 e. The SMILES string of the molecule is CC(CN)C(=O)Nc1ccc(Br)c2ccccc12. The second kappa shape index (κ2) is 5.50. The molecule has 0 saturated heterocycles. The second-order valence-electron chi connectivity index (χ2n) is 4.27. The third kappa shape index (κ3) is 2.54. The lowest BCUT2D eigenvalue weighted by Gasteiger charge is -2.12. The highest BCUT2D eigenvalue weighted by Crippen LogP contribution is 2.30. The molecule has 0 saturated carbocycles. The summed E-state index contributed by atoms with van der Waals surface area (Å²) in [4.78, 5) is 11.9. The maximum atomic E-state index is 11.9. The third-order valence-corrected chi connectivity index (χ3v) is 3.62. The summed E-state index contributed by atoms with van der Waals surface area (Å²) in [5.74, 6) is -0.239. The highest BCUT2D eigenvalue weighted by molar-refractivity contribution is 9.10. The molecule has 0 spiro atoms. The Morgan fingerprint density at radius 1 is 1.28 bits per heavy atom. The molecule has 1 unspecified atom stereocenters. The first-order valence-corrected chi connectivity index (χ1v) is 6.61. The number of nitrogens with two attached hydrogens (primary N) is 1. The van der Waals surface area contributed by atoms with Crippen LogP contribution in [0.4, 0.5) is 5.69 Å². The van der Waals surface area contributed by atoms with Gasteiger partial charge < -0.3 is 11.1 Å². The van der Waals surface area contributed by atoms with Crippen molar-refractivity contribution in [3.63, 3.8) is 0 Å². The molecule has 0 radical (unpaired) electrons. The van der Waals surface area contributed by atoms with Crippen molar-refractivity contribution < 1.29 is 4.79 Å². The van der Waals surface area contributed by atoms with Crippen LogP contribution in [0.3, 0.4) is 0 Å². The molecule has 2 rings (SSSR count). The van der Waals surface area contributed by atoms with Crippen LogP contribution in [-0.4, -0.2) is 12.5 Å². The van der Waals surface area contributed by atoms with Gasteiger partial charge in [0.15, 0.2) is 0 Å². The number of carbonyl (C=O) groups is 1. The first-order chi connectivity index (χ1) is 8.63. The van der Waals surface area contributed by atoms with Gasteiger partial charge in [-0.25, -0.2) is 0 Å². The van der Waals surface area contributed by atoms with E-state index in [2.05, 4.69) is 21.2 Å². The topological polar surface area (TPSA) is 55.1 Å². The van der Waals surface area contributed by atoms with E-state index in [4.69, 9.17) is 5.73 Å². The monoisotopic (exact) mass is 306 g/mol. The molecule has 3 nitrogen and oxygen atoms in total. The third-order valence-electron chi connectivity index (χ3n) is 2.93. The van der Waals surface area contributed by atoms with Gasteiger partial charge in [-0.2, -0.15) is 0 Å². The number of anilines is 1. The summed E-state index contributed by atoms with van der Waals surface area (Å²) in [6, 6.07) is 11.8. The second-order valence-corrected chi connectivity index (χ2v) is 5.12. The number of benzene rings is 2. The molecule has 0 aliphatic carbocycles. The summed E-state index contributed by atoms with van der Waals surface area (Å²) in [5, 5.41) is 5.02. The van der Waals surface area contributed by atoms with Gasteiger partial charge in [-0.1, -0.05) is 47.1 Å². The molecule has 0 aliphatic rings. The van der Waals surface area contributed by atoms with Crippen LogP contribution >= 0.6 is 15.9 Å². The molecule has 3 N–H and O–H groups in total. The summed E-state index contributed by atoms with van der Waals surface area (Å²) in [7, 11) is 0. The van der Waals surface area contributed by atoms with E-state index in [1.807, 2.05) is 43.3 Å². The van der Waals surface area contributed by atoms with Gasteiger partial charge in [0.2, 0.25) is 5.91 Å². The lowest BCUT2D eigenvalue weighted by atomic mass is 10.1. The van der Waals surface area contributed by atoms with Gasteiger partial charge in [0, 0.05) is 28.0 Å². The van der Waals surface area contributed by atoms with Crippen LogP contribution in [0.1, 0.15) is 6.92 Å². The Bertz CT molecular complexity index is 583. The minimum absolute atomic E-state index is 0.0509. The number of rotatable bonds is 3. The average Bonchev–Trinajstić information content (AvgIpc) is 2.41. The molecule has 0 heterocycles. The molecule has 4 heteroatoms. The van der Waals surface area contributed by atoms with Gasteiger partial charge in [0.05, 0.1) is 0 Å². The summed E-state index contributed by atoms with van der Waals surface area (Å²) in [5.41, 5.74) is 6.31. The van der Waals surface area contributed by atoms with Gasteiger partial charge >= 0.3 is 0 Å². The number of nitrogens with one attached hydrogen (secondary N) is 1. The van der Waals surface area contributed by atoms with E-state index in [1.165, 1.54) is 0 Å². The molecule has 2 aromatic carbocycles. The number of fused-ring (bicyclic) bond motifs is 1. The van der Waals surface area contributed by atoms with E-state index < -0.39 is 0 Å². The van der Waals surface area contributed by atoms with Crippen molar-refractivity contribution in [2.45, 2.75) is 6.92 Å². The Morgan fingerprint density at radius 3 is 2.61 bits per heavy atom. The Hall–Kier alpha value is -1.39. The molecule has 0 aromatic heterocycles. The van der Waals surface area contributed by atoms with Crippen molar-refractivity contribution in [2.24, 2.45) is 11.7 Å². The molecule has 18 heavy (non-hydrogen) atoms. The van der Waals surface area contributed by atoms with Crippen molar-refractivity contribution in [1.29, 1.82) is 0 Å². The van der Waals surface area contributed by atoms with Crippen molar-refractivity contribution >= 4 is 38.3 Å². The fraction of sp³-hybridized carbons (Fsp3) is 0.214.